The first-order chi connectivity index (χ1) is 12.1. The maximum atomic E-state index is 12.1. The summed E-state index contributed by atoms with van der Waals surface area (Å²) in [6.45, 7) is 2.38. The van der Waals surface area contributed by atoms with Crippen molar-refractivity contribution < 1.29 is 4.79 Å². The average Bonchev–Trinajstić information content (AvgIpc) is 2.99. The van der Waals surface area contributed by atoms with Crippen molar-refractivity contribution in [3.05, 3.63) is 71.0 Å². The molecule has 0 saturated carbocycles. The number of thioether (sulfide) groups is 1. The van der Waals surface area contributed by atoms with Crippen LogP contribution >= 0.6 is 23.4 Å². The Morgan fingerprint density at radius 1 is 1.16 bits per heavy atom. The average molecular weight is 373 g/mol. The molecule has 0 aliphatic carbocycles. The molecule has 3 aromatic rings. The fourth-order valence-electron chi connectivity index (χ4n) is 2.33. The minimum absolute atomic E-state index is 0.0489. The van der Waals surface area contributed by atoms with Gasteiger partial charge in [0, 0.05) is 11.6 Å². The summed E-state index contributed by atoms with van der Waals surface area (Å²) >= 11 is 7.41. The van der Waals surface area contributed by atoms with Crippen molar-refractivity contribution in [3.8, 4) is 5.69 Å². The third-order valence-corrected chi connectivity index (χ3v) is 4.69. The molecule has 1 N–H and O–H groups in total. The Bertz CT molecular complexity index is 867. The third-order valence-electron chi connectivity index (χ3n) is 3.53. The van der Waals surface area contributed by atoms with E-state index in [1.165, 1.54) is 11.8 Å². The van der Waals surface area contributed by atoms with Crippen molar-refractivity contribution in [2.45, 2.75) is 18.6 Å². The van der Waals surface area contributed by atoms with E-state index in [1.807, 2.05) is 66.1 Å². The number of rotatable bonds is 6. The zero-order chi connectivity index (χ0) is 17.6. The lowest BCUT2D eigenvalue weighted by Gasteiger charge is -2.09. The topological polar surface area (TPSA) is 59.8 Å². The van der Waals surface area contributed by atoms with Gasteiger partial charge >= 0.3 is 0 Å². The number of carbonyl (C=O) groups excluding carboxylic acids is 1. The normalized spacial score (nSPS) is 10.6. The SMILES string of the molecule is Cc1nnc(SCC(=O)NCc2ccccc2)n1-c1cccc(Cl)c1. The monoisotopic (exact) mass is 372 g/mol. The molecular formula is C18H17ClN4OS. The summed E-state index contributed by atoms with van der Waals surface area (Å²) in [6.07, 6.45) is 0. The van der Waals surface area contributed by atoms with E-state index in [-0.39, 0.29) is 11.7 Å². The number of benzene rings is 2. The van der Waals surface area contributed by atoms with Crippen LogP contribution in [0.3, 0.4) is 0 Å². The van der Waals surface area contributed by atoms with Gasteiger partial charge in [-0.15, -0.1) is 10.2 Å². The second-order valence-electron chi connectivity index (χ2n) is 5.40. The highest BCUT2D eigenvalue weighted by Crippen LogP contribution is 2.23. The first kappa shape index (κ1) is 17.5. The zero-order valence-electron chi connectivity index (χ0n) is 13.6. The summed E-state index contributed by atoms with van der Waals surface area (Å²) in [6, 6.07) is 17.3. The van der Waals surface area contributed by atoms with Gasteiger partial charge in [0.25, 0.3) is 0 Å². The van der Waals surface area contributed by atoms with Crippen molar-refractivity contribution in [3.63, 3.8) is 0 Å². The number of amides is 1. The van der Waals surface area contributed by atoms with Crippen LogP contribution in [-0.4, -0.2) is 26.4 Å². The van der Waals surface area contributed by atoms with Gasteiger partial charge in [-0.1, -0.05) is 59.8 Å². The summed E-state index contributed by atoms with van der Waals surface area (Å²) in [7, 11) is 0. The van der Waals surface area contributed by atoms with Gasteiger partial charge < -0.3 is 5.32 Å². The molecule has 128 valence electrons. The van der Waals surface area contributed by atoms with Crippen LogP contribution in [0.25, 0.3) is 5.69 Å². The summed E-state index contributed by atoms with van der Waals surface area (Å²) in [5.41, 5.74) is 1.95. The van der Waals surface area contributed by atoms with Crippen molar-refractivity contribution in [1.82, 2.24) is 20.1 Å². The van der Waals surface area contributed by atoms with Crippen molar-refractivity contribution in [2.75, 3.05) is 5.75 Å². The molecule has 1 heterocycles. The van der Waals surface area contributed by atoms with Crippen LogP contribution in [-0.2, 0) is 11.3 Å². The minimum atomic E-state index is -0.0489. The molecule has 1 amide bonds. The van der Waals surface area contributed by atoms with Crippen molar-refractivity contribution >= 4 is 29.3 Å². The lowest BCUT2D eigenvalue weighted by molar-refractivity contribution is -0.118. The summed E-state index contributed by atoms with van der Waals surface area (Å²) in [5.74, 6) is 0.965. The van der Waals surface area contributed by atoms with E-state index in [0.717, 1.165) is 17.1 Å². The van der Waals surface area contributed by atoms with Crippen LogP contribution < -0.4 is 5.32 Å². The van der Waals surface area contributed by atoms with E-state index in [1.54, 1.807) is 0 Å². The number of carbonyl (C=O) groups is 1. The lowest BCUT2D eigenvalue weighted by atomic mass is 10.2. The largest absolute Gasteiger partial charge is 0.351 e. The standard InChI is InChI=1S/C18H17ClN4OS/c1-13-21-22-18(23(13)16-9-5-8-15(19)10-16)25-12-17(24)20-11-14-6-3-2-4-7-14/h2-10H,11-12H2,1H3,(H,20,24). The fourth-order valence-corrected chi connectivity index (χ4v) is 3.34. The number of aryl methyl sites for hydroxylation is 1. The van der Waals surface area contributed by atoms with Crippen LogP contribution in [0.5, 0.6) is 0 Å². The number of nitrogens with one attached hydrogen (secondary N) is 1. The summed E-state index contributed by atoms with van der Waals surface area (Å²) < 4.78 is 1.89. The molecule has 3 rings (SSSR count). The molecule has 0 aliphatic heterocycles. The molecule has 1 aromatic heterocycles. The maximum absolute atomic E-state index is 12.1. The second-order valence-corrected chi connectivity index (χ2v) is 6.78. The molecule has 5 nitrogen and oxygen atoms in total. The highest BCUT2D eigenvalue weighted by atomic mass is 35.5. The molecule has 2 aromatic carbocycles. The van der Waals surface area contributed by atoms with E-state index >= 15 is 0 Å². The number of nitrogens with zero attached hydrogens (tertiary/aromatic N) is 3. The minimum Gasteiger partial charge on any atom is -0.351 e. The molecule has 7 heteroatoms. The summed E-state index contributed by atoms with van der Waals surface area (Å²) in [4.78, 5) is 12.1. The smallest absolute Gasteiger partial charge is 0.230 e. The predicted octanol–water partition coefficient (Wildman–Crippen LogP) is 3.64. The zero-order valence-corrected chi connectivity index (χ0v) is 15.2. The highest BCUT2D eigenvalue weighted by Gasteiger charge is 2.13. The van der Waals surface area contributed by atoms with Gasteiger partial charge in [0.1, 0.15) is 5.82 Å². The van der Waals surface area contributed by atoms with E-state index in [0.29, 0.717) is 16.7 Å². The molecule has 0 saturated heterocycles. The Morgan fingerprint density at radius 2 is 1.96 bits per heavy atom. The molecule has 25 heavy (non-hydrogen) atoms. The van der Waals surface area contributed by atoms with Gasteiger partial charge in [-0.05, 0) is 30.7 Å². The molecule has 0 unspecified atom stereocenters. The van der Waals surface area contributed by atoms with Gasteiger partial charge in [0.05, 0.1) is 11.4 Å². The van der Waals surface area contributed by atoms with E-state index < -0.39 is 0 Å². The number of hydrogen-bond acceptors (Lipinski definition) is 4. The van der Waals surface area contributed by atoms with Crippen LogP contribution in [0.15, 0.2) is 59.8 Å². The Morgan fingerprint density at radius 3 is 2.72 bits per heavy atom. The molecule has 0 bridgehead atoms. The van der Waals surface area contributed by atoms with Gasteiger partial charge in [-0.3, -0.25) is 9.36 Å². The summed E-state index contributed by atoms with van der Waals surface area (Å²) in [5, 5.41) is 12.5. The molecule has 0 radical (unpaired) electrons. The quantitative estimate of drug-likeness (QED) is 0.671. The molecule has 0 atom stereocenters. The number of hydrogen-bond donors (Lipinski definition) is 1. The molecular weight excluding hydrogens is 356 g/mol. The van der Waals surface area contributed by atoms with Gasteiger partial charge in [-0.2, -0.15) is 0 Å². The van der Waals surface area contributed by atoms with E-state index in [9.17, 15) is 4.79 Å². The van der Waals surface area contributed by atoms with Crippen LogP contribution in [0, 0.1) is 6.92 Å². The van der Waals surface area contributed by atoms with Crippen LogP contribution in [0.1, 0.15) is 11.4 Å². The molecule has 0 aliphatic rings. The van der Waals surface area contributed by atoms with Gasteiger partial charge in [0.2, 0.25) is 5.91 Å². The van der Waals surface area contributed by atoms with Gasteiger partial charge in [0.15, 0.2) is 5.16 Å². The van der Waals surface area contributed by atoms with Gasteiger partial charge in [-0.25, -0.2) is 0 Å². The Balaban J connectivity index is 1.63. The van der Waals surface area contributed by atoms with E-state index in [2.05, 4.69) is 15.5 Å². The van der Waals surface area contributed by atoms with Crippen molar-refractivity contribution in [1.29, 1.82) is 0 Å². The van der Waals surface area contributed by atoms with E-state index in [4.69, 9.17) is 11.6 Å². The highest BCUT2D eigenvalue weighted by molar-refractivity contribution is 7.99. The predicted molar refractivity (Wildman–Crippen MR) is 100 cm³/mol. The fraction of sp³-hybridized carbons (Fsp3) is 0.167. The Labute approximate surface area is 155 Å². The van der Waals surface area contributed by atoms with Crippen LogP contribution in [0.2, 0.25) is 5.02 Å². The Hall–Kier alpha value is -2.31. The molecule has 0 spiro atoms. The lowest BCUT2D eigenvalue weighted by Crippen LogP contribution is -2.24. The maximum Gasteiger partial charge on any atom is 0.230 e. The number of halogens is 1. The first-order valence-corrected chi connectivity index (χ1v) is 9.11. The third kappa shape index (κ3) is 4.61. The second kappa shape index (κ2) is 8.18. The van der Waals surface area contributed by atoms with Crippen LogP contribution in [0.4, 0.5) is 0 Å². The number of aromatic nitrogens is 3. The molecule has 0 fully saturated rings. The Kier molecular flexibility index (Phi) is 5.73. The first-order valence-electron chi connectivity index (χ1n) is 7.75. The van der Waals surface area contributed by atoms with Crippen molar-refractivity contribution in [2.24, 2.45) is 0 Å².